The van der Waals surface area contributed by atoms with E-state index >= 15 is 0 Å². The van der Waals surface area contributed by atoms with Crippen LogP contribution in [0.15, 0.2) is 47.8 Å². The molecule has 6 aliphatic heterocycles. The van der Waals surface area contributed by atoms with E-state index in [4.69, 9.17) is 5.41 Å². The van der Waals surface area contributed by atoms with Gasteiger partial charge in [0.05, 0.1) is 17.7 Å². The van der Waals surface area contributed by atoms with Crippen LogP contribution in [0, 0.1) is 16.7 Å². The second-order valence-electron chi connectivity index (χ2n) is 18.9. The minimum Gasteiger partial charge on any atom is -0.393 e. The number of carbonyl (C=O) groups is 5. The highest BCUT2D eigenvalue weighted by atomic mass is 19.3. The largest absolute Gasteiger partial charge is 0.393 e. The Balaban J connectivity index is 0.809. The lowest BCUT2D eigenvalue weighted by Gasteiger charge is -2.39. The molecule has 0 saturated carbocycles. The summed E-state index contributed by atoms with van der Waals surface area (Å²) in [5.74, 6) is -1.22. The van der Waals surface area contributed by atoms with E-state index in [-0.39, 0.29) is 42.7 Å². The lowest BCUT2D eigenvalue weighted by molar-refractivity contribution is -0.136. The van der Waals surface area contributed by atoms with E-state index in [0.717, 1.165) is 118 Å². The fraction of sp³-hybridized carbons (Fsp3) is 0.540. The van der Waals surface area contributed by atoms with Gasteiger partial charge in [0.15, 0.2) is 0 Å². The van der Waals surface area contributed by atoms with Crippen LogP contribution in [0.1, 0.15) is 121 Å². The molecule has 2 aromatic carbocycles. The molecule has 2 aromatic rings. The summed E-state index contributed by atoms with van der Waals surface area (Å²) in [5, 5.41) is 26.3. The number of carbonyl (C=O) groups excluding carboxylic acids is 5. The van der Waals surface area contributed by atoms with Crippen LogP contribution in [0.3, 0.4) is 0 Å². The highest BCUT2D eigenvalue weighted by Crippen LogP contribution is 2.38. The first-order valence-electron chi connectivity index (χ1n) is 24.1. The number of aryl methyl sites for hydroxylation is 2. The summed E-state index contributed by atoms with van der Waals surface area (Å²) in [5.41, 5.74) is 5.19. The van der Waals surface area contributed by atoms with Crippen LogP contribution >= 0.6 is 0 Å². The monoisotopic (exact) mass is 923 g/mol. The molecule has 1 unspecified atom stereocenters. The maximum Gasteiger partial charge on any atom is 0.264 e. The number of nitrogens with one attached hydrogen (secondary N) is 5. The standard InChI is InChI=1S/C50H64F2N10O5/c1-31(63)60-25-17-41(40(30-60)47(54)61-20-4-7-34-26-38(35(28-53)29-55-2)39(46(51)52)27-43(34)61)56-36-15-23-59(24-16-36)19-5-18-58-21-13-32(14-22-58)9-10-33-6-3-8-37-45(33)50(67)62(49(37)66)42-11-12-44(64)57-48(42)65/h3,6,8,26-29,32,36,42,46,53-56H,4-5,7,9-25,30H2,1-2H3,(H,57,64,65)/b35-29+,53-28?,54-47?. The van der Waals surface area contributed by atoms with E-state index in [2.05, 4.69) is 25.8 Å². The van der Waals surface area contributed by atoms with Crippen LogP contribution in [0.4, 0.5) is 14.5 Å². The van der Waals surface area contributed by atoms with Crippen molar-refractivity contribution in [1.82, 2.24) is 35.6 Å². The van der Waals surface area contributed by atoms with Gasteiger partial charge in [-0.2, -0.15) is 0 Å². The van der Waals surface area contributed by atoms with Crippen molar-refractivity contribution < 1.29 is 32.8 Å². The molecule has 0 aromatic heterocycles. The summed E-state index contributed by atoms with van der Waals surface area (Å²) in [7, 11) is 1.67. The van der Waals surface area contributed by atoms with Crippen molar-refractivity contribution >= 4 is 52.8 Å². The summed E-state index contributed by atoms with van der Waals surface area (Å²) < 4.78 is 29.1. The Bertz CT molecular complexity index is 2350. The van der Waals surface area contributed by atoms with Gasteiger partial charge >= 0.3 is 0 Å². The number of hydrogen-bond donors (Lipinski definition) is 5. The molecule has 0 aliphatic carbocycles. The number of alkyl halides is 2. The molecule has 6 aliphatic rings. The van der Waals surface area contributed by atoms with Crippen LogP contribution in [-0.4, -0.2) is 139 Å². The van der Waals surface area contributed by atoms with Crippen molar-refractivity contribution in [2.75, 3.05) is 70.9 Å². The molecule has 8 rings (SSSR count). The smallest absolute Gasteiger partial charge is 0.264 e. The molecule has 0 spiro atoms. The first kappa shape index (κ1) is 47.7. The van der Waals surface area contributed by atoms with Crippen LogP contribution in [0.2, 0.25) is 0 Å². The van der Waals surface area contributed by atoms with E-state index in [1.807, 2.05) is 11.0 Å². The molecular formula is C50H64F2N10O5. The van der Waals surface area contributed by atoms with Gasteiger partial charge in [-0.25, -0.2) is 8.78 Å². The van der Waals surface area contributed by atoms with E-state index in [9.17, 15) is 38.2 Å². The third-order valence-corrected chi connectivity index (χ3v) is 14.7. The lowest BCUT2D eigenvalue weighted by atomic mass is 9.89. The molecule has 67 heavy (non-hydrogen) atoms. The van der Waals surface area contributed by atoms with Crippen molar-refractivity contribution in [3.63, 3.8) is 0 Å². The number of imide groups is 2. The van der Waals surface area contributed by atoms with E-state index in [0.29, 0.717) is 66.2 Å². The van der Waals surface area contributed by atoms with Gasteiger partial charge in [-0.15, -0.1) is 0 Å². The molecule has 17 heteroatoms. The quantitative estimate of drug-likeness (QED) is 0.0898. The number of anilines is 1. The normalized spacial score (nSPS) is 21.5. The fourth-order valence-electron chi connectivity index (χ4n) is 11.0. The van der Waals surface area contributed by atoms with Gasteiger partial charge in [0, 0.05) is 99.5 Å². The number of amides is 5. The van der Waals surface area contributed by atoms with Crippen LogP contribution in [-0.2, 0) is 27.2 Å². The van der Waals surface area contributed by atoms with Gasteiger partial charge in [-0.3, -0.25) is 39.6 Å². The Labute approximate surface area is 391 Å². The Morgan fingerprint density at radius 2 is 1.66 bits per heavy atom. The number of hydrogen-bond acceptors (Lipinski definition) is 11. The van der Waals surface area contributed by atoms with E-state index < -0.39 is 36.1 Å². The zero-order valence-corrected chi connectivity index (χ0v) is 38.7. The zero-order valence-electron chi connectivity index (χ0n) is 38.7. The number of benzene rings is 2. The molecule has 15 nitrogen and oxygen atoms in total. The summed E-state index contributed by atoms with van der Waals surface area (Å²) in [6.07, 6.45) is 8.81. The minimum absolute atomic E-state index is 0.0618. The van der Waals surface area contributed by atoms with Gasteiger partial charge < -0.3 is 35.6 Å². The molecule has 6 heterocycles. The SMILES string of the molecule is CN/C=C(\C=N)c1cc2c(cc1C(F)F)N(C(=N)C1=C(NC3CCN(CCCN4CCC(CCc5cccc6c5C(=O)N(C5CCC(=O)NC5=O)C6=O)CC4)CC3)CCN(C(C)=O)C1)CCC2. The van der Waals surface area contributed by atoms with Crippen molar-refractivity contribution in [2.24, 2.45) is 5.92 Å². The number of allylic oxidation sites excluding steroid dienone is 1. The second-order valence-corrected chi connectivity index (χ2v) is 18.9. The van der Waals surface area contributed by atoms with Gasteiger partial charge in [0.2, 0.25) is 17.7 Å². The van der Waals surface area contributed by atoms with Gasteiger partial charge in [-0.05, 0) is 131 Å². The van der Waals surface area contributed by atoms with Crippen LogP contribution in [0.25, 0.3) is 5.57 Å². The highest BCUT2D eigenvalue weighted by molar-refractivity contribution is 6.24. The van der Waals surface area contributed by atoms with Gasteiger partial charge in [0.25, 0.3) is 18.2 Å². The second kappa shape index (κ2) is 21.0. The third-order valence-electron chi connectivity index (χ3n) is 14.7. The predicted molar refractivity (Wildman–Crippen MR) is 252 cm³/mol. The number of halogens is 2. The highest BCUT2D eigenvalue weighted by Gasteiger charge is 2.45. The number of fused-ring (bicyclic) bond motifs is 2. The molecule has 1 atom stereocenters. The molecule has 5 amide bonds. The van der Waals surface area contributed by atoms with E-state index in [1.54, 1.807) is 43.3 Å². The van der Waals surface area contributed by atoms with Crippen molar-refractivity contribution in [1.29, 1.82) is 10.8 Å². The average molecular weight is 923 g/mol. The summed E-state index contributed by atoms with van der Waals surface area (Å²) in [4.78, 5) is 73.4. The summed E-state index contributed by atoms with van der Waals surface area (Å²) >= 11 is 0. The molecule has 3 saturated heterocycles. The molecule has 0 bridgehead atoms. The molecular weight excluding hydrogens is 859 g/mol. The predicted octanol–water partition coefficient (Wildman–Crippen LogP) is 5.26. The first-order valence-corrected chi connectivity index (χ1v) is 24.1. The lowest BCUT2D eigenvalue weighted by Crippen LogP contribution is -2.54. The average Bonchev–Trinajstić information content (AvgIpc) is 3.58. The fourth-order valence-corrected chi connectivity index (χ4v) is 11.0. The Kier molecular flexibility index (Phi) is 14.9. The Hall–Kier alpha value is -5.81. The van der Waals surface area contributed by atoms with Crippen molar-refractivity contribution in [2.45, 2.75) is 102 Å². The number of likely N-dealkylation sites (tertiary alicyclic amines) is 2. The third kappa shape index (κ3) is 10.4. The topological polar surface area (TPSA) is 185 Å². The number of nitrogens with zero attached hydrogens (tertiary/aromatic N) is 5. The number of amidine groups is 1. The Morgan fingerprint density at radius 3 is 2.33 bits per heavy atom. The summed E-state index contributed by atoms with van der Waals surface area (Å²) in [6, 6.07) is 7.85. The Morgan fingerprint density at radius 1 is 0.925 bits per heavy atom. The maximum absolute atomic E-state index is 14.6. The minimum atomic E-state index is -2.77. The van der Waals surface area contributed by atoms with Crippen LogP contribution in [0.5, 0.6) is 0 Å². The van der Waals surface area contributed by atoms with Crippen LogP contribution < -0.4 is 20.9 Å². The zero-order chi connectivity index (χ0) is 47.4. The maximum atomic E-state index is 14.6. The van der Waals surface area contributed by atoms with Crippen molar-refractivity contribution in [3.05, 3.63) is 81.2 Å². The van der Waals surface area contributed by atoms with Crippen molar-refractivity contribution in [3.8, 4) is 0 Å². The molecule has 5 N–H and O–H groups in total. The molecule has 358 valence electrons. The van der Waals surface area contributed by atoms with Gasteiger partial charge in [-0.1, -0.05) is 12.1 Å². The van der Waals surface area contributed by atoms with Gasteiger partial charge in [0.1, 0.15) is 11.9 Å². The first-order chi connectivity index (χ1) is 32.3. The molecule has 3 fully saturated rings. The number of piperidine rings is 3. The van der Waals surface area contributed by atoms with E-state index in [1.165, 1.54) is 6.07 Å². The summed E-state index contributed by atoms with van der Waals surface area (Å²) in [6.45, 7) is 8.89. The molecule has 0 radical (unpaired) electrons. The number of rotatable bonds is 15.